The van der Waals surface area contributed by atoms with Crippen molar-refractivity contribution in [1.82, 2.24) is 0 Å². The summed E-state index contributed by atoms with van der Waals surface area (Å²) < 4.78 is 9.52. The van der Waals surface area contributed by atoms with Crippen molar-refractivity contribution in [2.24, 2.45) is 0 Å². The molecule has 0 unspecified atom stereocenters. The highest BCUT2D eigenvalue weighted by Crippen LogP contribution is 2.06. The third-order valence-corrected chi connectivity index (χ3v) is 1.44. The fraction of sp³-hybridized carbons (Fsp3) is 0.500. The third kappa shape index (κ3) is 4.67. The van der Waals surface area contributed by atoms with Crippen LogP contribution in [0.5, 0.6) is 5.75 Å². The predicted molar refractivity (Wildman–Crippen MR) is 53.5 cm³/mol. The molecule has 0 atom stereocenters. The summed E-state index contributed by atoms with van der Waals surface area (Å²) >= 11 is 0. The van der Waals surface area contributed by atoms with E-state index in [-0.39, 0.29) is 11.5 Å². The second-order valence-electron chi connectivity index (χ2n) is 2.47. The Morgan fingerprint density at radius 2 is 2.00 bits per heavy atom. The minimum absolute atomic E-state index is 0.252. The van der Waals surface area contributed by atoms with E-state index in [1.165, 1.54) is 19.3 Å². The van der Waals surface area contributed by atoms with Crippen molar-refractivity contribution in [3.8, 4) is 5.75 Å². The summed E-state index contributed by atoms with van der Waals surface area (Å²) in [6, 6.07) is 1.17. The number of hydrogen-bond donors (Lipinski definition) is 1. The minimum atomic E-state index is -0.404. The largest absolute Gasteiger partial charge is 0.502 e. The molecule has 0 fully saturated rings. The summed E-state index contributed by atoms with van der Waals surface area (Å²) in [6.45, 7) is 7.19. The Hall–Kier alpha value is -1.29. The summed E-state index contributed by atoms with van der Waals surface area (Å²) in [6.07, 6.45) is 1.25. The molecule has 80 valence electrons. The van der Waals surface area contributed by atoms with Crippen LogP contribution >= 0.6 is 0 Å². The molecule has 0 aromatic carbocycles. The minimum Gasteiger partial charge on any atom is -0.502 e. The molecule has 1 aromatic heterocycles. The average molecular weight is 200 g/mol. The average Bonchev–Trinajstić information content (AvgIpc) is 2.16. The molecular formula is C10H16O4. The summed E-state index contributed by atoms with van der Waals surface area (Å²) in [5.74, 6) is -0.0556. The highest BCUT2D eigenvalue weighted by atomic mass is 16.5. The molecule has 1 N–H and O–H groups in total. The SMILES string of the molecule is CCOCC.Cc1occc(=O)c1O. The summed E-state index contributed by atoms with van der Waals surface area (Å²) in [4.78, 5) is 10.5. The van der Waals surface area contributed by atoms with Crippen molar-refractivity contribution < 1.29 is 14.3 Å². The molecule has 4 nitrogen and oxygen atoms in total. The van der Waals surface area contributed by atoms with Crippen molar-refractivity contribution >= 4 is 0 Å². The van der Waals surface area contributed by atoms with E-state index in [1.54, 1.807) is 0 Å². The van der Waals surface area contributed by atoms with Gasteiger partial charge in [0.1, 0.15) is 5.76 Å². The van der Waals surface area contributed by atoms with E-state index < -0.39 is 5.43 Å². The molecule has 14 heavy (non-hydrogen) atoms. The maximum atomic E-state index is 10.5. The standard InChI is InChI=1S/C6H6O3.C4H10O/c1-4-6(8)5(7)2-3-9-4;1-3-5-4-2/h2-3,8H,1H3;3-4H2,1-2H3. The molecule has 0 saturated carbocycles. The van der Waals surface area contributed by atoms with Gasteiger partial charge in [0, 0.05) is 19.3 Å². The molecule has 0 radical (unpaired) electrons. The van der Waals surface area contributed by atoms with E-state index >= 15 is 0 Å². The highest BCUT2D eigenvalue weighted by molar-refractivity contribution is 5.20. The molecule has 0 aliphatic carbocycles. The van der Waals surface area contributed by atoms with Gasteiger partial charge in [-0.25, -0.2) is 0 Å². The molecule has 4 heteroatoms. The fourth-order valence-corrected chi connectivity index (χ4v) is 0.710. The normalized spacial score (nSPS) is 9.07. The number of hydrogen-bond acceptors (Lipinski definition) is 4. The lowest BCUT2D eigenvalue weighted by Gasteiger charge is -1.91. The van der Waals surface area contributed by atoms with Crippen molar-refractivity contribution in [3.05, 3.63) is 28.3 Å². The van der Waals surface area contributed by atoms with E-state index in [2.05, 4.69) is 4.42 Å². The zero-order chi connectivity index (χ0) is 11.0. The van der Waals surface area contributed by atoms with Crippen molar-refractivity contribution in [3.63, 3.8) is 0 Å². The lowest BCUT2D eigenvalue weighted by molar-refractivity contribution is 0.162. The van der Waals surface area contributed by atoms with Crippen LogP contribution in [0.2, 0.25) is 0 Å². The van der Waals surface area contributed by atoms with E-state index in [1.807, 2.05) is 13.8 Å². The van der Waals surface area contributed by atoms with Gasteiger partial charge in [-0.1, -0.05) is 0 Å². The predicted octanol–water partition coefficient (Wildman–Crippen LogP) is 1.70. The Morgan fingerprint density at radius 1 is 1.43 bits per heavy atom. The van der Waals surface area contributed by atoms with Gasteiger partial charge < -0.3 is 14.3 Å². The molecule has 1 heterocycles. The van der Waals surface area contributed by atoms with Gasteiger partial charge in [0.05, 0.1) is 6.26 Å². The van der Waals surface area contributed by atoms with Gasteiger partial charge in [-0.3, -0.25) is 4.79 Å². The zero-order valence-corrected chi connectivity index (χ0v) is 8.74. The van der Waals surface area contributed by atoms with Gasteiger partial charge >= 0.3 is 0 Å². The van der Waals surface area contributed by atoms with Crippen molar-refractivity contribution in [2.45, 2.75) is 20.8 Å². The van der Waals surface area contributed by atoms with Gasteiger partial charge in [-0.05, 0) is 20.8 Å². The Bertz CT molecular complexity index is 301. The Balaban J connectivity index is 0.000000292. The van der Waals surface area contributed by atoms with Crippen LogP contribution in [0.3, 0.4) is 0 Å². The molecular weight excluding hydrogens is 184 g/mol. The first kappa shape index (κ1) is 12.7. The molecule has 0 saturated heterocycles. The number of aryl methyl sites for hydroxylation is 1. The van der Waals surface area contributed by atoms with Crippen LogP contribution in [0.1, 0.15) is 19.6 Å². The van der Waals surface area contributed by atoms with Crippen LogP contribution in [0, 0.1) is 6.92 Å². The quantitative estimate of drug-likeness (QED) is 0.789. The molecule has 0 amide bonds. The van der Waals surface area contributed by atoms with Gasteiger partial charge in [-0.2, -0.15) is 0 Å². The number of rotatable bonds is 2. The van der Waals surface area contributed by atoms with Crippen LogP contribution in [0.4, 0.5) is 0 Å². The molecule has 1 aromatic rings. The lowest BCUT2D eigenvalue weighted by Crippen LogP contribution is -1.97. The second kappa shape index (κ2) is 7.15. The van der Waals surface area contributed by atoms with Gasteiger partial charge in [-0.15, -0.1) is 0 Å². The van der Waals surface area contributed by atoms with Gasteiger partial charge in [0.15, 0.2) is 0 Å². The van der Waals surface area contributed by atoms with Crippen molar-refractivity contribution in [2.75, 3.05) is 13.2 Å². The number of ether oxygens (including phenoxy) is 1. The first-order valence-electron chi connectivity index (χ1n) is 4.48. The van der Waals surface area contributed by atoms with E-state index in [0.717, 1.165) is 13.2 Å². The summed E-state index contributed by atoms with van der Waals surface area (Å²) in [5.41, 5.74) is -0.404. The van der Waals surface area contributed by atoms with Crippen molar-refractivity contribution in [1.29, 1.82) is 0 Å². The van der Waals surface area contributed by atoms with Crippen LogP contribution in [0.25, 0.3) is 0 Å². The van der Waals surface area contributed by atoms with E-state index in [4.69, 9.17) is 9.84 Å². The smallest absolute Gasteiger partial charge is 0.226 e. The summed E-state index contributed by atoms with van der Waals surface area (Å²) in [7, 11) is 0. The number of aromatic hydroxyl groups is 1. The van der Waals surface area contributed by atoms with Crippen LogP contribution < -0.4 is 5.43 Å². The lowest BCUT2D eigenvalue weighted by atomic mass is 10.4. The second-order valence-corrected chi connectivity index (χ2v) is 2.47. The third-order valence-electron chi connectivity index (χ3n) is 1.44. The zero-order valence-electron chi connectivity index (χ0n) is 8.74. The Kier molecular flexibility index (Phi) is 6.49. The maximum absolute atomic E-state index is 10.5. The highest BCUT2D eigenvalue weighted by Gasteiger charge is 1.98. The molecule has 0 bridgehead atoms. The maximum Gasteiger partial charge on any atom is 0.226 e. The topological polar surface area (TPSA) is 59.7 Å². The monoisotopic (exact) mass is 200 g/mol. The van der Waals surface area contributed by atoms with E-state index in [0.29, 0.717) is 0 Å². The van der Waals surface area contributed by atoms with Gasteiger partial charge in [0.2, 0.25) is 11.2 Å². The molecule has 0 aliphatic rings. The van der Waals surface area contributed by atoms with Crippen LogP contribution in [-0.2, 0) is 4.74 Å². The Morgan fingerprint density at radius 3 is 2.29 bits per heavy atom. The van der Waals surface area contributed by atoms with Gasteiger partial charge in [0.25, 0.3) is 0 Å². The molecule has 0 aliphatic heterocycles. The molecule has 1 rings (SSSR count). The fourth-order valence-electron chi connectivity index (χ4n) is 0.710. The first-order valence-corrected chi connectivity index (χ1v) is 4.48. The molecule has 0 spiro atoms. The van der Waals surface area contributed by atoms with Crippen LogP contribution in [0.15, 0.2) is 21.5 Å². The Labute approximate surface area is 83.1 Å². The first-order chi connectivity index (χ1) is 6.63. The van der Waals surface area contributed by atoms with Crippen LogP contribution in [-0.4, -0.2) is 18.3 Å². The van der Waals surface area contributed by atoms with E-state index in [9.17, 15) is 4.79 Å². The summed E-state index contributed by atoms with van der Waals surface area (Å²) in [5, 5.41) is 8.80.